The summed E-state index contributed by atoms with van der Waals surface area (Å²) in [7, 11) is 0. The van der Waals surface area contributed by atoms with E-state index >= 15 is 0 Å². The maximum Gasteiger partial charge on any atom is 0.273 e. The van der Waals surface area contributed by atoms with Crippen LogP contribution in [0.5, 0.6) is 0 Å². The molecule has 0 N–H and O–H groups in total. The zero-order valence-electron chi connectivity index (χ0n) is 8.35. The van der Waals surface area contributed by atoms with E-state index in [4.69, 9.17) is 11.8 Å². The summed E-state index contributed by atoms with van der Waals surface area (Å²) in [6.07, 6.45) is 1.57. The van der Waals surface area contributed by atoms with Crippen LogP contribution in [0.25, 0.3) is 21.5 Å². The molecular formula is C13H8ClNO. The molecule has 0 spiro atoms. The van der Waals surface area contributed by atoms with Crippen molar-refractivity contribution in [2.24, 2.45) is 0 Å². The first-order valence-corrected chi connectivity index (χ1v) is 5.30. The molecule has 0 aliphatic heterocycles. The predicted octanol–water partition coefficient (Wildman–Crippen LogP) is 3.16. The van der Waals surface area contributed by atoms with Gasteiger partial charge in [-0.25, -0.2) is 4.09 Å². The highest BCUT2D eigenvalue weighted by Gasteiger charge is 2.05. The van der Waals surface area contributed by atoms with Crippen molar-refractivity contribution >= 4 is 33.3 Å². The Morgan fingerprint density at radius 3 is 2.56 bits per heavy atom. The topological polar surface area (TPSA) is 22.0 Å². The van der Waals surface area contributed by atoms with Gasteiger partial charge in [0, 0.05) is 18.0 Å². The van der Waals surface area contributed by atoms with E-state index in [-0.39, 0.29) is 5.56 Å². The van der Waals surface area contributed by atoms with Gasteiger partial charge in [0.1, 0.15) is 0 Å². The lowest BCUT2D eigenvalue weighted by Crippen LogP contribution is -2.11. The minimum Gasteiger partial charge on any atom is -0.267 e. The Hall–Kier alpha value is -1.80. The van der Waals surface area contributed by atoms with E-state index in [0.717, 1.165) is 20.2 Å². The van der Waals surface area contributed by atoms with Crippen LogP contribution >= 0.6 is 11.8 Å². The molecule has 1 aromatic heterocycles. The van der Waals surface area contributed by atoms with Crippen molar-refractivity contribution in [1.29, 1.82) is 0 Å². The van der Waals surface area contributed by atoms with Crippen LogP contribution in [0.3, 0.4) is 0 Å². The first kappa shape index (κ1) is 9.43. The third-order valence-corrected chi connectivity index (χ3v) is 3.02. The molecule has 3 aromatic rings. The summed E-state index contributed by atoms with van der Waals surface area (Å²) in [5.74, 6) is 0. The summed E-state index contributed by atoms with van der Waals surface area (Å²) in [4.78, 5) is 12.0. The molecule has 3 rings (SSSR count). The van der Waals surface area contributed by atoms with Crippen molar-refractivity contribution in [1.82, 2.24) is 4.09 Å². The fraction of sp³-hybridized carbons (Fsp3) is 0. The van der Waals surface area contributed by atoms with Crippen LogP contribution < -0.4 is 5.56 Å². The first-order valence-electron chi connectivity index (χ1n) is 4.97. The van der Waals surface area contributed by atoms with E-state index in [1.807, 2.05) is 42.5 Å². The SMILES string of the molecule is O=c1c2c(ccc3ccccc32)ccn1Cl. The van der Waals surface area contributed by atoms with Gasteiger partial charge in [0.15, 0.2) is 0 Å². The molecule has 0 bridgehead atoms. The van der Waals surface area contributed by atoms with Crippen molar-refractivity contribution in [3.05, 3.63) is 59.0 Å². The zero-order valence-corrected chi connectivity index (χ0v) is 9.11. The molecule has 0 fully saturated rings. The standard InChI is InChI=1S/C13H8ClNO/c14-15-8-7-10-6-5-9-3-1-2-4-11(9)12(10)13(15)16/h1-8H. The number of pyridine rings is 1. The van der Waals surface area contributed by atoms with Crippen molar-refractivity contribution in [2.45, 2.75) is 0 Å². The van der Waals surface area contributed by atoms with Crippen molar-refractivity contribution in [3.63, 3.8) is 0 Å². The number of aromatic nitrogens is 1. The monoisotopic (exact) mass is 229 g/mol. The van der Waals surface area contributed by atoms with Crippen LogP contribution in [0.2, 0.25) is 0 Å². The van der Waals surface area contributed by atoms with E-state index in [9.17, 15) is 4.79 Å². The molecule has 0 aliphatic rings. The first-order chi connectivity index (χ1) is 7.77. The Bertz CT molecular complexity index is 746. The van der Waals surface area contributed by atoms with E-state index in [1.54, 1.807) is 6.20 Å². The van der Waals surface area contributed by atoms with E-state index in [2.05, 4.69) is 0 Å². The fourth-order valence-corrected chi connectivity index (χ4v) is 2.13. The Morgan fingerprint density at radius 1 is 0.938 bits per heavy atom. The highest BCUT2D eigenvalue weighted by atomic mass is 35.5. The molecule has 2 aromatic carbocycles. The average Bonchev–Trinajstić information content (AvgIpc) is 2.33. The highest BCUT2D eigenvalue weighted by molar-refractivity contribution is 6.17. The third kappa shape index (κ3) is 1.24. The van der Waals surface area contributed by atoms with Gasteiger partial charge < -0.3 is 0 Å². The number of benzene rings is 2. The van der Waals surface area contributed by atoms with Crippen LogP contribution in [0.4, 0.5) is 0 Å². The van der Waals surface area contributed by atoms with Crippen LogP contribution in [0.15, 0.2) is 53.5 Å². The van der Waals surface area contributed by atoms with Gasteiger partial charge in [-0.05, 0) is 22.2 Å². The summed E-state index contributed by atoms with van der Waals surface area (Å²) in [6, 6.07) is 13.6. The lowest BCUT2D eigenvalue weighted by Gasteiger charge is -2.03. The molecule has 1 heterocycles. The Kier molecular flexibility index (Phi) is 1.98. The molecule has 0 unspecified atom stereocenters. The van der Waals surface area contributed by atoms with Gasteiger partial charge >= 0.3 is 0 Å². The second kappa shape index (κ2) is 3.35. The molecular weight excluding hydrogens is 222 g/mol. The summed E-state index contributed by atoms with van der Waals surface area (Å²) in [6.45, 7) is 0. The second-order valence-electron chi connectivity index (χ2n) is 3.68. The smallest absolute Gasteiger partial charge is 0.267 e. The van der Waals surface area contributed by atoms with Gasteiger partial charge in [-0.2, -0.15) is 0 Å². The maximum absolute atomic E-state index is 12.0. The number of hydrogen-bond acceptors (Lipinski definition) is 1. The molecule has 2 nitrogen and oxygen atoms in total. The van der Waals surface area contributed by atoms with Crippen molar-refractivity contribution in [3.8, 4) is 0 Å². The van der Waals surface area contributed by atoms with Crippen LogP contribution in [0, 0.1) is 0 Å². The number of rotatable bonds is 0. The molecule has 0 aliphatic carbocycles. The van der Waals surface area contributed by atoms with E-state index in [1.165, 1.54) is 0 Å². The lowest BCUT2D eigenvalue weighted by atomic mass is 10.0. The molecule has 78 valence electrons. The number of nitrogens with zero attached hydrogens (tertiary/aromatic N) is 1. The van der Waals surface area contributed by atoms with Crippen molar-refractivity contribution < 1.29 is 0 Å². The highest BCUT2D eigenvalue weighted by Crippen LogP contribution is 2.22. The van der Waals surface area contributed by atoms with Gasteiger partial charge in [-0.15, -0.1) is 0 Å². The Morgan fingerprint density at radius 2 is 1.69 bits per heavy atom. The molecule has 0 saturated carbocycles. The summed E-state index contributed by atoms with van der Waals surface area (Å²) < 4.78 is 1.09. The van der Waals surface area contributed by atoms with Gasteiger partial charge in [-0.1, -0.05) is 36.4 Å². The minimum atomic E-state index is -0.170. The quantitative estimate of drug-likeness (QED) is 0.543. The van der Waals surface area contributed by atoms with Crippen molar-refractivity contribution in [2.75, 3.05) is 0 Å². The largest absolute Gasteiger partial charge is 0.273 e. The van der Waals surface area contributed by atoms with Gasteiger partial charge in [-0.3, -0.25) is 4.79 Å². The molecule has 0 amide bonds. The number of hydrogen-bond donors (Lipinski definition) is 0. The second-order valence-corrected chi connectivity index (χ2v) is 4.05. The Balaban J connectivity index is 2.69. The predicted molar refractivity (Wildman–Crippen MR) is 67.0 cm³/mol. The fourth-order valence-electron chi connectivity index (χ4n) is 1.99. The summed E-state index contributed by atoms with van der Waals surface area (Å²) in [5, 5.41) is 3.59. The summed E-state index contributed by atoms with van der Waals surface area (Å²) >= 11 is 5.79. The van der Waals surface area contributed by atoms with E-state index in [0.29, 0.717) is 5.39 Å². The van der Waals surface area contributed by atoms with E-state index < -0.39 is 0 Å². The van der Waals surface area contributed by atoms with Gasteiger partial charge in [0.05, 0.1) is 5.39 Å². The summed E-state index contributed by atoms with van der Waals surface area (Å²) in [5.41, 5.74) is -0.170. The van der Waals surface area contributed by atoms with Crippen LogP contribution in [-0.4, -0.2) is 4.09 Å². The maximum atomic E-state index is 12.0. The molecule has 0 radical (unpaired) electrons. The minimum absolute atomic E-state index is 0.170. The number of halogens is 1. The third-order valence-electron chi connectivity index (χ3n) is 2.75. The molecule has 3 heteroatoms. The van der Waals surface area contributed by atoms with Crippen LogP contribution in [-0.2, 0) is 0 Å². The van der Waals surface area contributed by atoms with Gasteiger partial charge in [0.2, 0.25) is 0 Å². The molecule has 0 atom stereocenters. The normalized spacial score (nSPS) is 11.1. The molecule has 0 saturated heterocycles. The molecule has 16 heavy (non-hydrogen) atoms. The number of fused-ring (bicyclic) bond motifs is 3. The zero-order chi connectivity index (χ0) is 11.1. The average molecular weight is 230 g/mol. The Labute approximate surface area is 96.8 Å². The van der Waals surface area contributed by atoms with Gasteiger partial charge in [0.25, 0.3) is 5.56 Å². The van der Waals surface area contributed by atoms with Crippen LogP contribution in [0.1, 0.15) is 0 Å². The lowest BCUT2D eigenvalue weighted by molar-refractivity contribution is 1.16.